The molecule has 0 unspecified atom stereocenters. The number of rotatable bonds is 12. The van der Waals surface area contributed by atoms with Gasteiger partial charge in [0.15, 0.2) is 0 Å². The topological polar surface area (TPSA) is 142 Å². The van der Waals surface area contributed by atoms with E-state index in [4.69, 9.17) is 0 Å². The highest BCUT2D eigenvalue weighted by atomic mass is 16.2. The van der Waals surface area contributed by atoms with Crippen molar-refractivity contribution in [2.24, 2.45) is 48.7 Å². The zero-order valence-electron chi connectivity index (χ0n) is 31.5. The van der Waals surface area contributed by atoms with Gasteiger partial charge >= 0.3 is 0 Å². The van der Waals surface area contributed by atoms with Gasteiger partial charge in [-0.15, -0.1) is 0 Å². The van der Waals surface area contributed by atoms with Crippen molar-refractivity contribution in [2.45, 2.75) is 120 Å². The van der Waals surface area contributed by atoms with E-state index in [-0.39, 0.29) is 54.3 Å². The largest absolute Gasteiger partial charge is 0.354 e. The van der Waals surface area contributed by atoms with Gasteiger partial charge < -0.3 is 16.0 Å². The lowest BCUT2D eigenvalue weighted by molar-refractivity contribution is -0.136. The second-order valence-electron chi connectivity index (χ2n) is 19.0. The van der Waals surface area contributed by atoms with Crippen LogP contribution in [0.15, 0.2) is 0 Å². The van der Waals surface area contributed by atoms with Gasteiger partial charge in [-0.2, -0.15) is 0 Å². The van der Waals surface area contributed by atoms with E-state index in [0.717, 1.165) is 19.3 Å². The average molecular weight is 681 g/mol. The summed E-state index contributed by atoms with van der Waals surface area (Å²) in [5, 5.41) is 9.46. The van der Waals surface area contributed by atoms with Gasteiger partial charge in [-0.1, -0.05) is 62.3 Å². The molecule has 0 radical (unpaired) electrons. The Morgan fingerprint density at radius 3 is 0.898 bits per heavy atom. The maximum absolute atomic E-state index is 13.7. The average Bonchev–Trinajstić information content (AvgIpc) is 3.61. The van der Waals surface area contributed by atoms with Gasteiger partial charge in [0.2, 0.25) is 17.7 Å². The summed E-state index contributed by atoms with van der Waals surface area (Å²) in [5.74, 6) is 0.325. The molecule has 6 aliphatic carbocycles. The molecule has 6 atom stereocenters. The number of Topliss-reactive ketones (excluding diaryl/α,β-unsaturated/α-hetero) is 3. The summed E-state index contributed by atoms with van der Waals surface area (Å²) in [6.07, 6.45) is 5.13. The summed E-state index contributed by atoms with van der Waals surface area (Å²) in [4.78, 5) is 82.2. The fourth-order valence-electron chi connectivity index (χ4n) is 11.9. The number of amides is 3. The van der Waals surface area contributed by atoms with Gasteiger partial charge in [0.05, 0.1) is 16.2 Å². The van der Waals surface area contributed by atoms with Gasteiger partial charge in [0, 0.05) is 74.8 Å². The molecular weight excluding hydrogens is 620 g/mol. The molecule has 6 bridgehead atoms. The van der Waals surface area contributed by atoms with Crippen molar-refractivity contribution in [3.8, 4) is 0 Å². The van der Waals surface area contributed by atoms with Crippen LogP contribution < -0.4 is 16.0 Å². The van der Waals surface area contributed by atoms with Crippen LogP contribution in [0, 0.1) is 48.7 Å². The van der Waals surface area contributed by atoms with Gasteiger partial charge in [-0.25, -0.2) is 0 Å². The summed E-state index contributed by atoms with van der Waals surface area (Å²) in [5.41, 5.74) is -4.81. The van der Waals surface area contributed by atoms with Crippen molar-refractivity contribution in [1.29, 1.82) is 0 Å². The van der Waals surface area contributed by atoms with Crippen LogP contribution in [0.1, 0.15) is 120 Å². The molecule has 0 aromatic rings. The molecule has 272 valence electrons. The van der Waals surface area contributed by atoms with E-state index >= 15 is 0 Å². The summed E-state index contributed by atoms with van der Waals surface area (Å²) in [6, 6.07) is 0. The highest BCUT2D eigenvalue weighted by Crippen LogP contribution is 2.72. The number of ketones is 3. The van der Waals surface area contributed by atoms with Crippen LogP contribution >= 0.6 is 0 Å². The Kier molecular flexibility index (Phi) is 8.08. The normalized spacial score (nSPS) is 40.4. The molecule has 10 heteroatoms. The zero-order valence-corrected chi connectivity index (χ0v) is 31.5. The minimum absolute atomic E-state index is 0.0679. The molecule has 3 amide bonds. The highest BCUT2D eigenvalue weighted by molar-refractivity contribution is 6.01. The second-order valence-corrected chi connectivity index (χ2v) is 19.0. The van der Waals surface area contributed by atoms with E-state index < -0.39 is 48.7 Å². The van der Waals surface area contributed by atoms with Crippen molar-refractivity contribution in [3.63, 3.8) is 0 Å². The Morgan fingerprint density at radius 1 is 0.469 bits per heavy atom. The monoisotopic (exact) mass is 680 g/mol. The van der Waals surface area contributed by atoms with Gasteiger partial charge in [-0.05, 0) is 54.8 Å². The lowest BCUT2D eigenvalue weighted by atomic mass is 9.64. The quantitative estimate of drug-likeness (QED) is 0.283. The van der Waals surface area contributed by atoms with Gasteiger partial charge in [0.25, 0.3) is 0 Å². The first-order chi connectivity index (χ1) is 22.6. The molecule has 0 spiro atoms. The van der Waals surface area contributed by atoms with Crippen LogP contribution in [0.4, 0.5) is 0 Å². The first kappa shape index (κ1) is 36.2. The molecular formula is C39H60N4O6. The highest BCUT2D eigenvalue weighted by Gasteiger charge is 2.74. The fraction of sp³-hybridized carbons (Fsp3) is 0.846. The Morgan fingerprint density at radius 2 is 0.714 bits per heavy atom. The smallest absolute Gasteiger partial charge is 0.227 e. The van der Waals surface area contributed by atoms with Crippen LogP contribution in [0.3, 0.4) is 0 Å². The summed E-state index contributed by atoms with van der Waals surface area (Å²) in [7, 11) is 0. The summed E-state index contributed by atoms with van der Waals surface area (Å²) < 4.78 is 0. The minimum atomic E-state index is -0.702. The van der Waals surface area contributed by atoms with Crippen molar-refractivity contribution in [1.82, 2.24) is 20.9 Å². The minimum Gasteiger partial charge on any atom is -0.354 e. The lowest BCUT2D eigenvalue weighted by Gasteiger charge is -2.39. The Hall–Kier alpha value is -2.62. The van der Waals surface area contributed by atoms with E-state index in [9.17, 15) is 28.8 Å². The Bertz CT molecular complexity index is 1340. The number of hydrogen-bond donors (Lipinski definition) is 3. The predicted molar refractivity (Wildman–Crippen MR) is 185 cm³/mol. The number of carbonyl (C=O) groups is 6. The first-order valence-corrected chi connectivity index (χ1v) is 18.7. The van der Waals surface area contributed by atoms with Crippen molar-refractivity contribution >= 4 is 35.1 Å². The van der Waals surface area contributed by atoms with E-state index in [1.54, 1.807) is 0 Å². The Labute approximate surface area is 292 Å². The number of carbonyl (C=O) groups excluding carboxylic acids is 6. The molecule has 6 saturated carbocycles. The van der Waals surface area contributed by atoms with E-state index in [0.29, 0.717) is 58.5 Å². The summed E-state index contributed by atoms with van der Waals surface area (Å²) >= 11 is 0. The second kappa shape index (κ2) is 10.9. The van der Waals surface area contributed by atoms with Crippen LogP contribution in [0.5, 0.6) is 0 Å². The molecule has 6 fully saturated rings. The lowest BCUT2D eigenvalue weighted by Crippen LogP contribution is -2.51. The number of nitrogens with one attached hydrogen (secondary N) is 3. The van der Waals surface area contributed by atoms with Crippen LogP contribution in [-0.4, -0.2) is 79.2 Å². The van der Waals surface area contributed by atoms with E-state index in [2.05, 4.69) is 62.4 Å². The third kappa shape index (κ3) is 4.27. The molecule has 0 aromatic heterocycles. The number of fused-ring (bicyclic) bond motifs is 6. The van der Waals surface area contributed by atoms with Crippen molar-refractivity contribution in [2.75, 3.05) is 39.3 Å². The predicted octanol–water partition coefficient (Wildman–Crippen LogP) is 3.99. The van der Waals surface area contributed by atoms with Crippen LogP contribution in [0.2, 0.25) is 0 Å². The molecule has 0 aliphatic heterocycles. The molecule has 0 saturated heterocycles. The molecule has 10 nitrogen and oxygen atoms in total. The third-order valence-corrected chi connectivity index (χ3v) is 17.6. The molecule has 49 heavy (non-hydrogen) atoms. The van der Waals surface area contributed by atoms with Gasteiger partial charge in [-0.3, -0.25) is 33.7 Å². The number of nitrogens with zero attached hydrogens (tertiary/aromatic N) is 1. The van der Waals surface area contributed by atoms with Crippen molar-refractivity contribution in [3.05, 3.63) is 0 Å². The molecule has 3 N–H and O–H groups in total. The molecule has 0 aromatic carbocycles. The van der Waals surface area contributed by atoms with Crippen molar-refractivity contribution < 1.29 is 28.8 Å². The van der Waals surface area contributed by atoms with E-state index in [1.165, 1.54) is 0 Å². The molecule has 0 heterocycles. The van der Waals surface area contributed by atoms with Crippen LogP contribution in [0.25, 0.3) is 0 Å². The molecule has 6 aliphatic rings. The first-order valence-electron chi connectivity index (χ1n) is 18.7. The summed E-state index contributed by atoms with van der Waals surface area (Å²) in [6.45, 7) is 21.0. The van der Waals surface area contributed by atoms with Gasteiger partial charge in [0.1, 0.15) is 17.3 Å². The Balaban J connectivity index is 1.09. The standard InChI is InChI=1S/C39H60N4O6/c1-31(2)34(7)10-13-37(31,22-25(34)44)28(47)40-16-19-43(20-17-41-29(48)38-14-11-35(8,26(45)23-38)32(38,3)4)21-18-42-30(49)39-15-12-36(9,27(46)24-39)33(39,5)6/h10-24H2,1-9H3,(H,40,47)(H,41,48)(H,42,49)/t34-,35-,36+,37+,38+,39-/m1/s1. The SMILES string of the molecule is CC1(C)[C@]2(C(=O)NCCN(CCNC(=O)[C@]34CC[C@](C)(C(=O)C3)C4(C)C)CCNC(=O)[C@]34CC[C@](C)(C(=O)C3)C4(C)C)CC[C@@]1(C)C(=O)C2. The molecule has 6 rings (SSSR count). The third-order valence-electron chi connectivity index (χ3n) is 17.6. The maximum atomic E-state index is 13.7. The fourth-order valence-corrected chi connectivity index (χ4v) is 11.9. The maximum Gasteiger partial charge on any atom is 0.227 e. The van der Waals surface area contributed by atoms with Crippen LogP contribution in [-0.2, 0) is 28.8 Å². The number of hydrogen-bond acceptors (Lipinski definition) is 7. The zero-order chi connectivity index (χ0) is 36.3. The van der Waals surface area contributed by atoms with E-state index in [1.807, 2.05) is 20.8 Å².